The Hall–Kier alpha value is -2.33. The molecule has 1 heterocycles. The number of ether oxygens (including phenoxy) is 3. The minimum atomic E-state index is -0.658. The first kappa shape index (κ1) is 15.2. The van der Waals surface area contributed by atoms with E-state index in [1.165, 1.54) is 18.2 Å². The van der Waals surface area contributed by atoms with Gasteiger partial charge in [0.2, 0.25) is 0 Å². The summed E-state index contributed by atoms with van der Waals surface area (Å²) in [4.78, 5) is 12.4. The van der Waals surface area contributed by atoms with Gasteiger partial charge in [-0.15, -0.1) is 0 Å². The normalized spacial score (nSPS) is 22.4. The van der Waals surface area contributed by atoms with E-state index in [1.807, 2.05) is 36.4 Å². The minimum absolute atomic E-state index is 0.0712. The van der Waals surface area contributed by atoms with Crippen molar-refractivity contribution in [1.82, 2.24) is 0 Å². The van der Waals surface area contributed by atoms with Crippen molar-refractivity contribution >= 4 is 5.97 Å². The molecule has 4 rings (SSSR count). The SMILES string of the molecule is COC(=O)C(OC1CCc2ccccc21)C1COc2ccccc21. The lowest BCUT2D eigenvalue weighted by molar-refractivity contribution is -0.160. The molecule has 0 saturated carbocycles. The third kappa shape index (κ3) is 2.57. The minimum Gasteiger partial charge on any atom is -0.493 e. The fourth-order valence-corrected chi connectivity index (χ4v) is 3.71. The molecule has 0 radical (unpaired) electrons. The molecule has 3 unspecified atom stereocenters. The fourth-order valence-electron chi connectivity index (χ4n) is 3.71. The number of fused-ring (bicyclic) bond motifs is 2. The highest BCUT2D eigenvalue weighted by atomic mass is 16.6. The average molecular weight is 324 g/mol. The predicted octanol–water partition coefficient (Wildman–Crippen LogP) is 3.41. The second-order valence-corrected chi connectivity index (χ2v) is 6.26. The van der Waals surface area contributed by atoms with Crippen LogP contribution in [0.2, 0.25) is 0 Å². The Morgan fingerprint density at radius 2 is 1.88 bits per heavy atom. The van der Waals surface area contributed by atoms with Crippen LogP contribution < -0.4 is 4.74 Å². The van der Waals surface area contributed by atoms with Crippen molar-refractivity contribution in [1.29, 1.82) is 0 Å². The summed E-state index contributed by atoms with van der Waals surface area (Å²) in [5.41, 5.74) is 3.49. The Morgan fingerprint density at radius 1 is 1.12 bits per heavy atom. The highest BCUT2D eigenvalue weighted by Crippen LogP contribution is 2.41. The van der Waals surface area contributed by atoms with E-state index in [-0.39, 0.29) is 18.0 Å². The van der Waals surface area contributed by atoms with Crippen LogP contribution in [-0.2, 0) is 20.7 Å². The zero-order valence-corrected chi connectivity index (χ0v) is 13.6. The highest BCUT2D eigenvalue weighted by molar-refractivity contribution is 5.76. The van der Waals surface area contributed by atoms with Crippen LogP contribution in [0, 0.1) is 0 Å². The molecule has 0 fully saturated rings. The Morgan fingerprint density at radius 3 is 2.71 bits per heavy atom. The van der Waals surface area contributed by atoms with Crippen LogP contribution in [0.5, 0.6) is 5.75 Å². The summed E-state index contributed by atoms with van der Waals surface area (Å²) in [6.45, 7) is 0.438. The molecule has 0 aromatic heterocycles. The van der Waals surface area contributed by atoms with Crippen molar-refractivity contribution in [2.45, 2.75) is 31.0 Å². The van der Waals surface area contributed by atoms with Crippen molar-refractivity contribution < 1.29 is 19.0 Å². The number of benzene rings is 2. The number of carbonyl (C=O) groups excluding carboxylic acids is 1. The Bertz CT molecular complexity index is 755. The Balaban J connectivity index is 1.61. The number of hydrogen-bond acceptors (Lipinski definition) is 4. The summed E-state index contributed by atoms with van der Waals surface area (Å²) in [6, 6.07) is 16.1. The number of hydrogen-bond donors (Lipinski definition) is 0. The van der Waals surface area contributed by atoms with Crippen LogP contribution >= 0.6 is 0 Å². The average Bonchev–Trinajstić information content (AvgIpc) is 3.23. The van der Waals surface area contributed by atoms with Crippen molar-refractivity contribution in [2.75, 3.05) is 13.7 Å². The molecule has 124 valence electrons. The molecular weight excluding hydrogens is 304 g/mol. The summed E-state index contributed by atoms with van der Waals surface area (Å²) in [6.07, 6.45) is 1.14. The maximum Gasteiger partial charge on any atom is 0.335 e. The fraction of sp³-hybridized carbons (Fsp3) is 0.350. The zero-order chi connectivity index (χ0) is 16.5. The molecule has 4 nitrogen and oxygen atoms in total. The quantitative estimate of drug-likeness (QED) is 0.809. The Kier molecular flexibility index (Phi) is 3.98. The van der Waals surface area contributed by atoms with E-state index in [0.29, 0.717) is 6.61 Å². The standard InChI is InChI=1S/C20H20O4/c1-22-20(21)19(16-12-23-17-9-5-4-8-15(16)17)24-18-11-10-13-6-2-3-7-14(13)18/h2-9,16,18-19H,10-12H2,1H3. The lowest BCUT2D eigenvalue weighted by atomic mass is 9.95. The summed E-state index contributed by atoms with van der Waals surface area (Å²) in [5.74, 6) is 0.345. The summed E-state index contributed by atoms with van der Waals surface area (Å²) in [5, 5.41) is 0. The van der Waals surface area contributed by atoms with E-state index < -0.39 is 6.10 Å². The van der Waals surface area contributed by atoms with Gasteiger partial charge < -0.3 is 14.2 Å². The van der Waals surface area contributed by atoms with Crippen molar-refractivity contribution in [3.63, 3.8) is 0 Å². The molecule has 2 aromatic rings. The molecule has 0 spiro atoms. The van der Waals surface area contributed by atoms with Crippen LogP contribution in [0.1, 0.15) is 35.1 Å². The van der Waals surface area contributed by atoms with Crippen molar-refractivity contribution in [2.24, 2.45) is 0 Å². The third-order valence-corrected chi connectivity index (χ3v) is 4.92. The van der Waals surface area contributed by atoms with Gasteiger partial charge in [-0.25, -0.2) is 4.79 Å². The predicted molar refractivity (Wildman–Crippen MR) is 89.1 cm³/mol. The number of esters is 1. The smallest absolute Gasteiger partial charge is 0.335 e. The van der Waals surface area contributed by atoms with Crippen LogP contribution in [0.25, 0.3) is 0 Å². The summed E-state index contributed by atoms with van der Waals surface area (Å²) >= 11 is 0. The van der Waals surface area contributed by atoms with Gasteiger partial charge >= 0.3 is 5.97 Å². The van der Waals surface area contributed by atoms with E-state index >= 15 is 0 Å². The van der Waals surface area contributed by atoms with Crippen LogP contribution in [0.15, 0.2) is 48.5 Å². The van der Waals surface area contributed by atoms with E-state index in [4.69, 9.17) is 14.2 Å². The number of carbonyl (C=O) groups is 1. The largest absolute Gasteiger partial charge is 0.493 e. The summed E-state index contributed by atoms with van der Waals surface area (Å²) < 4.78 is 17.0. The van der Waals surface area contributed by atoms with Gasteiger partial charge in [0.25, 0.3) is 0 Å². The van der Waals surface area contributed by atoms with Gasteiger partial charge in [0.15, 0.2) is 6.10 Å². The number of aryl methyl sites for hydroxylation is 1. The first-order valence-electron chi connectivity index (χ1n) is 8.30. The first-order chi connectivity index (χ1) is 11.8. The van der Waals surface area contributed by atoms with Gasteiger partial charge in [0.1, 0.15) is 5.75 Å². The molecule has 2 aliphatic rings. The second kappa shape index (κ2) is 6.29. The number of para-hydroxylation sites is 1. The van der Waals surface area contributed by atoms with Gasteiger partial charge in [-0.2, -0.15) is 0 Å². The lowest BCUT2D eigenvalue weighted by Crippen LogP contribution is -2.34. The van der Waals surface area contributed by atoms with Gasteiger partial charge in [-0.3, -0.25) is 0 Å². The molecular formula is C20H20O4. The molecule has 24 heavy (non-hydrogen) atoms. The van der Waals surface area contributed by atoms with E-state index in [1.54, 1.807) is 0 Å². The van der Waals surface area contributed by atoms with Crippen molar-refractivity contribution in [3.05, 3.63) is 65.2 Å². The maximum absolute atomic E-state index is 12.4. The molecule has 0 saturated heterocycles. The molecule has 1 aliphatic carbocycles. The molecule has 0 bridgehead atoms. The van der Waals surface area contributed by atoms with Crippen LogP contribution in [-0.4, -0.2) is 25.8 Å². The van der Waals surface area contributed by atoms with Gasteiger partial charge in [-0.1, -0.05) is 42.5 Å². The molecule has 3 atom stereocenters. The molecule has 0 N–H and O–H groups in total. The third-order valence-electron chi connectivity index (χ3n) is 4.92. The van der Waals surface area contributed by atoms with Gasteiger partial charge in [0, 0.05) is 5.56 Å². The van der Waals surface area contributed by atoms with E-state index in [0.717, 1.165) is 24.2 Å². The topological polar surface area (TPSA) is 44.8 Å². The molecule has 1 aliphatic heterocycles. The number of methoxy groups -OCH3 is 1. The van der Waals surface area contributed by atoms with E-state index in [2.05, 4.69) is 12.1 Å². The van der Waals surface area contributed by atoms with Gasteiger partial charge in [0.05, 0.1) is 25.7 Å². The molecule has 0 amide bonds. The summed E-state index contributed by atoms with van der Waals surface area (Å²) in [7, 11) is 1.41. The lowest BCUT2D eigenvalue weighted by Gasteiger charge is -2.25. The molecule has 2 aromatic carbocycles. The first-order valence-corrected chi connectivity index (χ1v) is 8.30. The van der Waals surface area contributed by atoms with Crippen LogP contribution in [0.3, 0.4) is 0 Å². The monoisotopic (exact) mass is 324 g/mol. The number of rotatable bonds is 4. The highest BCUT2D eigenvalue weighted by Gasteiger charge is 2.40. The second-order valence-electron chi connectivity index (χ2n) is 6.26. The van der Waals surface area contributed by atoms with Gasteiger partial charge in [-0.05, 0) is 30.0 Å². The van der Waals surface area contributed by atoms with E-state index in [9.17, 15) is 4.79 Å². The maximum atomic E-state index is 12.4. The zero-order valence-electron chi connectivity index (χ0n) is 13.6. The molecule has 4 heteroatoms. The Labute approximate surface area is 141 Å². The van der Waals surface area contributed by atoms with Crippen LogP contribution in [0.4, 0.5) is 0 Å². The van der Waals surface area contributed by atoms with Crippen molar-refractivity contribution in [3.8, 4) is 5.75 Å².